The molecule has 22 heavy (non-hydrogen) atoms. The molecule has 0 radical (unpaired) electrons. The third kappa shape index (κ3) is 3.97. The predicted molar refractivity (Wildman–Crippen MR) is 85.4 cm³/mol. The number of hydrogen-bond donors (Lipinski definition) is 1. The van der Waals surface area contributed by atoms with E-state index in [0.29, 0.717) is 23.7 Å². The predicted octanol–water partition coefficient (Wildman–Crippen LogP) is 4.54. The third-order valence-electron chi connectivity index (χ3n) is 3.34. The number of anilines is 1. The van der Waals surface area contributed by atoms with Gasteiger partial charge in [0.25, 0.3) is 0 Å². The molecule has 0 saturated heterocycles. The molecule has 2 aromatic carbocycles. The molecule has 5 heteroatoms. The van der Waals surface area contributed by atoms with Gasteiger partial charge in [-0.15, -0.1) is 0 Å². The summed E-state index contributed by atoms with van der Waals surface area (Å²) in [6.07, 6.45) is 0.680. The zero-order chi connectivity index (χ0) is 15.9. The van der Waals surface area contributed by atoms with Crippen LogP contribution in [0.3, 0.4) is 0 Å². The van der Waals surface area contributed by atoms with Crippen molar-refractivity contribution in [3.63, 3.8) is 0 Å². The minimum atomic E-state index is -0.533. The minimum absolute atomic E-state index is 0.0129. The molecule has 1 atom stereocenters. The first-order valence-corrected chi connectivity index (χ1v) is 7.23. The molecule has 0 aliphatic rings. The first-order valence-electron chi connectivity index (χ1n) is 6.85. The van der Waals surface area contributed by atoms with E-state index in [1.54, 1.807) is 31.4 Å². The number of nitriles is 1. The average molecular weight is 319 g/mol. The number of rotatable bonds is 6. The zero-order valence-electron chi connectivity index (χ0n) is 12.1. The van der Waals surface area contributed by atoms with Gasteiger partial charge in [0, 0.05) is 18.7 Å². The zero-order valence-corrected chi connectivity index (χ0v) is 12.9. The number of nitrogens with zero attached hydrogens (tertiary/aromatic N) is 1. The lowest BCUT2D eigenvalue weighted by molar-refractivity contribution is 0.190. The summed E-state index contributed by atoms with van der Waals surface area (Å²) in [6, 6.07) is 13.7. The van der Waals surface area contributed by atoms with Crippen LogP contribution in [0.15, 0.2) is 42.5 Å². The molecule has 0 amide bonds. The molecule has 0 saturated carbocycles. The molecule has 1 N–H and O–H groups in total. The molecule has 0 fully saturated rings. The van der Waals surface area contributed by atoms with Crippen molar-refractivity contribution in [3.05, 3.63) is 64.4 Å². The van der Waals surface area contributed by atoms with Gasteiger partial charge in [0.05, 0.1) is 11.7 Å². The van der Waals surface area contributed by atoms with E-state index in [-0.39, 0.29) is 11.6 Å². The Hall–Kier alpha value is -2.09. The van der Waals surface area contributed by atoms with Crippen molar-refractivity contribution in [1.29, 1.82) is 5.26 Å². The Morgan fingerprint density at radius 3 is 2.64 bits per heavy atom. The third-order valence-corrected chi connectivity index (χ3v) is 3.59. The molecule has 0 spiro atoms. The minimum Gasteiger partial charge on any atom is -0.385 e. The summed E-state index contributed by atoms with van der Waals surface area (Å²) in [4.78, 5) is 0. The summed E-state index contributed by atoms with van der Waals surface area (Å²) in [7, 11) is 1.63. The lowest BCUT2D eigenvalue weighted by Crippen LogP contribution is -2.14. The first-order chi connectivity index (χ1) is 10.7. The van der Waals surface area contributed by atoms with Gasteiger partial charge < -0.3 is 10.1 Å². The largest absolute Gasteiger partial charge is 0.385 e. The van der Waals surface area contributed by atoms with Gasteiger partial charge in [0.15, 0.2) is 0 Å². The maximum Gasteiger partial charge on any atom is 0.143 e. The lowest BCUT2D eigenvalue weighted by Gasteiger charge is -2.21. The molecule has 3 nitrogen and oxygen atoms in total. The molecule has 114 valence electrons. The van der Waals surface area contributed by atoms with E-state index in [4.69, 9.17) is 21.6 Å². The van der Waals surface area contributed by atoms with Crippen molar-refractivity contribution in [1.82, 2.24) is 0 Å². The van der Waals surface area contributed by atoms with Crippen molar-refractivity contribution >= 4 is 17.3 Å². The van der Waals surface area contributed by atoms with Gasteiger partial charge in [0.1, 0.15) is 17.4 Å². The fourth-order valence-electron chi connectivity index (χ4n) is 2.20. The molecule has 0 aliphatic heterocycles. The maximum absolute atomic E-state index is 13.7. The summed E-state index contributed by atoms with van der Waals surface area (Å²) in [6.45, 7) is 0.539. The van der Waals surface area contributed by atoms with Gasteiger partial charge in [-0.25, -0.2) is 4.39 Å². The van der Waals surface area contributed by atoms with E-state index < -0.39 is 5.82 Å². The lowest BCUT2D eigenvalue weighted by atomic mass is 10.0. The smallest absolute Gasteiger partial charge is 0.143 e. The summed E-state index contributed by atoms with van der Waals surface area (Å²) in [5.41, 5.74) is 1.48. The highest BCUT2D eigenvalue weighted by Gasteiger charge is 2.15. The Bertz CT molecular complexity index is 667. The van der Waals surface area contributed by atoms with Gasteiger partial charge in [-0.1, -0.05) is 29.8 Å². The standard InChI is InChI=1S/C17H16ClFN2O/c1-22-10-9-16(12-5-7-13(18)8-6-12)21-17-4-2-3-15(19)14(17)11-20/h2-8,16,21H,9-10H2,1H3. The topological polar surface area (TPSA) is 45.0 Å². The van der Waals surface area contributed by atoms with Crippen molar-refractivity contribution in [2.45, 2.75) is 12.5 Å². The Balaban J connectivity index is 2.29. The van der Waals surface area contributed by atoms with E-state index in [0.717, 1.165) is 5.56 Å². The van der Waals surface area contributed by atoms with Crippen molar-refractivity contribution in [2.24, 2.45) is 0 Å². The Morgan fingerprint density at radius 2 is 2.00 bits per heavy atom. The van der Waals surface area contributed by atoms with E-state index in [2.05, 4.69) is 5.32 Å². The van der Waals surface area contributed by atoms with Crippen LogP contribution in [0.25, 0.3) is 0 Å². The Morgan fingerprint density at radius 1 is 1.27 bits per heavy atom. The van der Waals surface area contributed by atoms with Crippen LogP contribution >= 0.6 is 11.6 Å². The van der Waals surface area contributed by atoms with Crippen LogP contribution in [-0.2, 0) is 4.74 Å². The second kappa shape index (κ2) is 7.79. The summed E-state index contributed by atoms with van der Waals surface area (Å²) in [5, 5.41) is 13.0. The van der Waals surface area contributed by atoms with Gasteiger partial charge in [-0.2, -0.15) is 5.26 Å². The van der Waals surface area contributed by atoms with Crippen LogP contribution in [0.2, 0.25) is 5.02 Å². The molecule has 0 aromatic heterocycles. The number of hydrogen-bond acceptors (Lipinski definition) is 3. The normalized spacial score (nSPS) is 11.7. The number of ether oxygens (including phenoxy) is 1. The molecule has 1 unspecified atom stereocenters. The second-order valence-corrected chi connectivity index (χ2v) is 5.24. The van der Waals surface area contributed by atoms with E-state index >= 15 is 0 Å². The van der Waals surface area contributed by atoms with Gasteiger partial charge in [-0.05, 0) is 36.2 Å². The first kappa shape index (κ1) is 16.3. The van der Waals surface area contributed by atoms with Crippen molar-refractivity contribution < 1.29 is 9.13 Å². The van der Waals surface area contributed by atoms with E-state index in [9.17, 15) is 4.39 Å². The maximum atomic E-state index is 13.7. The molecule has 2 rings (SSSR count). The highest BCUT2D eigenvalue weighted by molar-refractivity contribution is 6.30. The second-order valence-electron chi connectivity index (χ2n) is 4.80. The van der Waals surface area contributed by atoms with Crippen LogP contribution in [0.5, 0.6) is 0 Å². The van der Waals surface area contributed by atoms with Crippen molar-refractivity contribution in [2.75, 3.05) is 19.0 Å². The highest BCUT2D eigenvalue weighted by atomic mass is 35.5. The van der Waals surface area contributed by atoms with Crippen LogP contribution < -0.4 is 5.32 Å². The number of nitrogens with one attached hydrogen (secondary N) is 1. The molecular formula is C17H16ClFN2O. The van der Waals surface area contributed by atoms with Gasteiger partial charge in [-0.3, -0.25) is 0 Å². The highest BCUT2D eigenvalue weighted by Crippen LogP contribution is 2.27. The number of benzene rings is 2. The van der Waals surface area contributed by atoms with Crippen LogP contribution in [0.4, 0.5) is 10.1 Å². The van der Waals surface area contributed by atoms with Crippen LogP contribution in [0.1, 0.15) is 23.6 Å². The summed E-state index contributed by atoms with van der Waals surface area (Å²) in [5.74, 6) is -0.533. The average Bonchev–Trinajstić information content (AvgIpc) is 2.52. The fraction of sp³-hybridized carbons (Fsp3) is 0.235. The Labute approximate surface area is 134 Å². The molecule has 0 aliphatic carbocycles. The van der Waals surface area contributed by atoms with Crippen LogP contribution in [-0.4, -0.2) is 13.7 Å². The number of methoxy groups -OCH3 is 1. The van der Waals surface area contributed by atoms with Crippen LogP contribution in [0, 0.1) is 17.1 Å². The van der Waals surface area contributed by atoms with E-state index in [1.807, 2.05) is 18.2 Å². The SMILES string of the molecule is COCCC(Nc1cccc(F)c1C#N)c1ccc(Cl)cc1. The molecule has 0 bridgehead atoms. The molecular weight excluding hydrogens is 303 g/mol. The van der Waals surface area contributed by atoms with Gasteiger partial charge >= 0.3 is 0 Å². The van der Waals surface area contributed by atoms with Gasteiger partial charge in [0.2, 0.25) is 0 Å². The quantitative estimate of drug-likeness (QED) is 0.850. The monoisotopic (exact) mass is 318 g/mol. The summed E-state index contributed by atoms with van der Waals surface area (Å²) >= 11 is 5.91. The molecule has 2 aromatic rings. The van der Waals surface area contributed by atoms with Crippen molar-refractivity contribution in [3.8, 4) is 6.07 Å². The molecule has 0 heterocycles. The van der Waals surface area contributed by atoms with E-state index in [1.165, 1.54) is 6.07 Å². The number of halogens is 2. The Kier molecular flexibility index (Phi) is 5.76. The fourth-order valence-corrected chi connectivity index (χ4v) is 2.32. The summed E-state index contributed by atoms with van der Waals surface area (Å²) < 4.78 is 18.8.